The SMILES string of the molecule is CCN(CCC(N)=NO)C(=O)c1cccc(OC)c1O. The first-order valence-corrected chi connectivity index (χ1v) is 6.16. The first kappa shape index (κ1) is 15.6. The number of nitrogens with zero attached hydrogens (tertiary/aromatic N) is 2. The van der Waals surface area contributed by atoms with E-state index in [1.807, 2.05) is 0 Å². The largest absolute Gasteiger partial charge is 0.504 e. The first-order chi connectivity index (χ1) is 9.54. The lowest BCUT2D eigenvalue weighted by Crippen LogP contribution is -2.34. The van der Waals surface area contributed by atoms with Gasteiger partial charge in [0.25, 0.3) is 5.91 Å². The number of nitrogens with two attached hydrogens (primary N) is 1. The summed E-state index contributed by atoms with van der Waals surface area (Å²) in [6.45, 7) is 2.54. The van der Waals surface area contributed by atoms with Gasteiger partial charge >= 0.3 is 0 Å². The van der Waals surface area contributed by atoms with Crippen LogP contribution in [0.15, 0.2) is 23.4 Å². The fraction of sp³-hybridized carbons (Fsp3) is 0.385. The molecule has 0 aliphatic rings. The molecular weight excluding hydrogens is 262 g/mol. The van der Waals surface area contributed by atoms with Gasteiger partial charge in [-0.2, -0.15) is 0 Å². The second-order valence-electron chi connectivity index (χ2n) is 4.08. The van der Waals surface area contributed by atoms with Gasteiger partial charge in [0.2, 0.25) is 0 Å². The van der Waals surface area contributed by atoms with Gasteiger partial charge in [0.15, 0.2) is 11.5 Å². The summed E-state index contributed by atoms with van der Waals surface area (Å²) in [5.74, 6) is -0.244. The van der Waals surface area contributed by atoms with E-state index in [-0.39, 0.29) is 35.2 Å². The third kappa shape index (κ3) is 3.53. The van der Waals surface area contributed by atoms with Crippen LogP contribution in [0, 0.1) is 0 Å². The van der Waals surface area contributed by atoms with Gasteiger partial charge in [0.05, 0.1) is 12.7 Å². The Morgan fingerprint density at radius 1 is 1.50 bits per heavy atom. The number of carbonyl (C=O) groups excluding carboxylic acids is 1. The average molecular weight is 281 g/mol. The van der Waals surface area contributed by atoms with Crippen molar-refractivity contribution in [3.05, 3.63) is 23.8 Å². The molecule has 0 radical (unpaired) electrons. The van der Waals surface area contributed by atoms with Gasteiger partial charge in [0, 0.05) is 19.5 Å². The number of carbonyl (C=O) groups is 1. The lowest BCUT2D eigenvalue weighted by Gasteiger charge is -2.21. The van der Waals surface area contributed by atoms with Gasteiger partial charge in [-0.15, -0.1) is 0 Å². The molecular formula is C13H19N3O4. The number of hydrogen-bond donors (Lipinski definition) is 3. The second kappa shape index (κ2) is 7.22. The molecule has 1 amide bonds. The number of ether oxygens (including phenoxy) is 1. The Morgan fingerprint density at radius 3 is 2.75 bits per heavy atom. The number of hydrogen-bond acceptors (Lipinski definition) is 5. The van der Waals surface area contributed by atoms with Crippen LogP contribution in [0.3, 0.4) is 0 Å². The fourth-order valence-corrected chi connectivity index (χ4v) is 1.73. The Morgan fingerprint density at radius 2 is 2.20 bits per heavy atom. The van der Waals surface area contributed by atoms with Crippen LogP contribution in [0.25, 0.3) is 0 Å². The number of rotatable bonds is 6. The van der Waals surface area contributed by atoms with Crippen molar-refractivity contribution in [1.82, 2.24) is 4.90 Å². The summed E-state index contributed by atoms with van der Waals surface area (Å²) in [5, 5.41) is 21.3. The summed E-state index contributed by atoms with van der Waals surface area (Å²) >= 11 is 0. The summed E-state index contributed by atoms with van der Waals surface area (Å²) in [7, 11) is 1.42. The molecule has 0 spiro atoms. The quantitative estimate of drug-likeness (QED) is 0.312. The minimum atomic E-state index is -0.338. The summed E-state index contributed by atoms with van der Waals surface area (Å²) < 4.78 is 4.97. The maximum Gasteiger partial charge on any atom is 0.257 e. The van der Waals surface area contributed by atoms with Gasteiger partial charge in [-0.3, -0.25) is 4.79 Å². The van der Waals surface area contributed by atoms with Gasteiger partial charge in [0.1, 0.15) is 5.84 Å². The van der Waals surface area contributed by atoms with Crippen molar-refractivity contribution in [3.8, 4) is 11.5 Å². The molecule has 0 saturated carbocycles. The van der Waals surface area contributed by atoms with Crippen LogP contribution in [0.4, 0.5) is 0 Å². The minimum absolute atomic E-state index is 0.0473. The third-order valence-corrected chi connectivity index (χ3v) is 2.88. The van der Waals surface area contributed by atoms with Crippen molar-refractivity contribution in [2.45, 2.75) is 13.3 Å². The van der Waals surface area contributed by atoms with Gasteiger partial charge in [-0.05, 0) is 19.1 Å². The smallest absolute Gasteiger partial charge is 0.257 e. The van der Waals surface area contributed by atoms with Crippen LogP contribution in [-0.4, -0.2) is 47.2 Å². The van der Waals surface area contributed by atoms with E-state index in [4.69, 9.17) is 15.7 Å². The maximum atomic E-state index is 12.3. The molecule has 7 nitrogen and oxygen atoms in total. The molecule has 1 aromatic carbocycles. The molecule has 110 valence electrons. The lowest BCUT2D eigenvalue weighted by molar-refractivity contribution is 0.0764. The zero-order chi connectivity index (χ0) is 15.1. The molecule has 20 heavy (non-hydrogen) atoms. The highest BCUT2D eigenvalue weighted by atomic mass is 16.5. The van der Waals surface area contributed by atoms with Crippen molar-refractivity contribution in [2.24, 2.45) is 10.9 Å². The number of para-hydroxylation sites is 1. The first-order valence-electron chi connectivity index (χ1n) is 6.16. The second-order valence-corrected chi connectivity index (χ2v) is 4.08. The predicted octanol–water partition coefficient (Wildman–Crippen LogP) is 0.999. The van der Waals surface area contributed by atoms with E-state index in [2.05, 4.69) is 5.16 Å². The van der Waals surface area contributed by atoms with Crippen molar-refractivity contribution in [1.29, 1.82) is 0 Å². The van der Waals surface area contributed by atoms with Gasteiger partial charge < -0.3 is 25.7 Å². The Hall–Kier alpha value is -2.44. The molecule has 0 aliphatic heterocycles. The number of oxime groups is 1. The number of benzene rings is 1. The van der Waals surface area contributed by atoms with Crippen LogP contribution in [0.2, 0.25) is 0 Å². The minimum Gasteiger partial charge on any atom is -0.504 e. The van der Waals surface area contributed by atoms with Crippen molar-refractivity contribution in [2.75, 3.05) is 20.2 Å². The highest BCUT2D eigenvalue weighted by molar-refractivity contribution is 5.97. The van der Waals surface area contributed by atoms with Crippen molar-refractivity contribution < 1.29 is 19.8 Å². The standard InChI is InChI=1S/C13H19N3O4/c1-3-16(8-7-11(14)15-19)13(18)9-5-4-6-10(20-2)12(9)17/h4-6,17,19H,3,7-8H2,1-2H3,(H2,14,15). The number of amides is 1. The molecule has 0 unspecified atom stereocenters. The number of methoxy groups -OCH3 is 1. The molecule has 0 fully saturated rings. The van der Waals surface area contributed by atoms with Crippen LogP contribution in [0.1, 0.15) is 23.7 Å². The van der Waals surface area contributed by atoms with Crippen molar-refractivity contribution >= 4 is 11.7 Å². The number of amidine groups is 1. The molecule has 7 heteroatoms. The third-order valence-electron chi connectivity index (χ3n) is 2.88. The van der Waals surface area contributed by atoms with E-state index in [9.17, 15) is 9.90 Å². The zero-order valence-corrected chi connectivity index (χ0v) is 11.5. The number of phenolic OH excluding ortho intramolecular Hbond substituents is 1. The molecule has 1 rings (SSSR count). The van der Waals surface area contributed by atoms with Gasteiger partial charge in [-0.1, -0.05) is 11.2 Å². The molecule has 0 aromatic heterocycles. The Bertz CT molecular complexity index is 502. The van der Waals surface area contributed by atoms with E-state index in [0.29, 0.717) is 13.1 Å². The topological polar surface area (TPSA) is 108 Å². The Kier molecular flexibility index (Phi) is 5.64. The van der Waals surface area contributed by atoms with E-state index in [1.165, 1.54) is 18.1 Å². The fourth-order valence-electron chi connectivity index (χ4n) is 1.73. The highest BCUT2D eigenvalue weighted by Gasteiger charge is 2.20. The summed E-state index contributed by atoms with van der Waals surface area (Å²) in [4.78, 5) is 13.8. The normalized spacial score (nSPS) is 11.2. The summed E-state index contributed by atoms with van der Waals surface area (Å²) in [6.07, 6.45) is 0.251. The van der Waals surface area contributed by atoms with Crippen molar-refractivity contribution in [3.63, 3.8) is 0 Å². The summed E-state index contributed by atoms with van der Waals surface area (Å²) in [6, 6.07) is 4.72. The average Bonchev–Trinajstić information content (AvgIpc) is 2.47. The Balaban J connectivity index is 2.91. The van der Waals surface area contributed by atoms with E-state index >= 15 is 0 Å². The van der Waals surface area contributed by atoms with Crippen LogP contribution >= 0.6 is 0 Å². The zero-order valence-electron chi connectivity index (χ0n) is 11.5. The Labute approximate surface area is 117 Å². The number of phenols is 1. The molecule has 0 bridgehead atoms. The van der Waals surface area contributed by atoms with E-state index in [0.717, 1.165) is 0 Å². The molecule has 0 saturated heterocycles. The molecule has 0 aliphatic carbocycles. The van der Waals surface area contributed by atoms with Crippen LogP contribution < -0.4 is 10.5 Å². The van der Waals surface area contributed by atoms with E-state index in [1.54, 1.807) is 19.1 Å². The van der Waals surface area contributed by atoms with Crippen LogP contribution in [0.5, 0.6) is 11.5 Å². The maximum absolute atomic E-state index is 12.3. The predicted molar refractivity (Wildman–Crippen MR) is 74.3 cm³/mol. The molecule has 0 atom stereocenters. The number of aromatic hydroxyl groups is 1. The molecule has 4 N–H and O–H groups in total. The molecule has 1 aromatic rings. The lowest BCUT2D eigenvalue weighted by atomic mass is 10.1. The molecule has 0 heterocycles. The van der Waals surface area contributed by atoms with Crippen LogP contribution in [-0.2, 0) is 0 Å². The highest BCUT2D eigenvalue weighted by Crippen LogP contribution is 2.30. The summed E-state index contributed by atoms with van der Waals surface area (Å²) in [5.41, 5.74) is 5.54. The van der Waals surface area contributed by atoms with Gasteiger partial charge in [-0.25, -0.2) is 0 Å². The van der Waals surface area contributed by atoms with E-state index < -0.39 is 0 Å². The monoisotopic (exact) mass is 281 g/mol.